The maximum Gasteiger partial charge on any atom is 0.434 e. The molecule has 0 saturated carbocycles. The molecule has 3 aromatic rings. The van der Waals surface area contributed by atoms with E-state index in [-0.39, 0.29) is 23.7 Å². The highest BCUT2D eigenvalue weighted by molar-refractivity contribution is 5.96. The van der Waals surface area contributed by atoms with Gasteiger partial charge in [0.05, 0.1) is 37.4 Å². The van der Waals surface area contributed by atoms with Crippen molar-refractivity contribution in [1.82, 2.24) is 34.8 Å². The number of aryl methyl sites for hydroxylation is 1. The number of nitrogens with one attached hydrogen (secondary N) is 1. The fourth-order valence-electron chi connectivity index (χ4n) is 4.00. The van der Waals surface area contributed by atoms with E-state index in [9.17, 15) is 26.7 Å². The van der Waals surface area contributed by atoms with Gasteiger partial charge in [-0.2, -0.15) is 23.4 Å². The number of rotatable bonds is 5. The third-order valence-corrected chi connectivity index (χ3v) is 5.62. The summed E-state index contributed by atoms with van der Waals surface area (Å²) in [5.41, 5.74) is -0.524. The van der Waals surface area contributed by atoms with Gasteiger partial charge in [-0.3, -0.25) is 4.79 Å². The number of pyridine rings is 1. The van der Waals surface area contributed by atoms with E-state index in [0.29, 0.717) is 11.9 Å². The van der Waals surface area contributed by atoms with E-state index in [1.807, 2.05) is 0 Å². The van der Waals surface area contributed by atoms with Crippen molar-refractivity contribution in [2.24, 2.45) is 5.92 Å². The topological polar surface area (TPSA) is 102 Å². The Morgan fingerprint density at radius 1 is 1.17 bits per heavy atom. The molecule has 1 saturated heterocycles. The zero-order valence-corrected chi connectivity index (χ0v) is 18.7. The first-order valence-corrected chi connectivity index (χ1v) is 10.6. The van der Waals surface area contributed by atoms with Gasteiger partial charge >= 0.3 is 6.18 Å². The fourth-order valence-corrected chi connectivity index (χ4v) is 4.00. The van der Waals surface area contributed by atoms with Gasteiger partial charge in [0.2, 0.25) is 0 Å². The van der Waals surface area contributed by atoms with Crippen molar-refractivity contribution < 1.29 is 26.7 Å². The highest BCUT2D eigenvalue weighted by atomic mass is 19.4. The average molecular weight is 496 g/mol. The summed E-state index contributed by atoms with van der Waals surface area (Å²) >= 11 is 0. The second-order valence-electron chi connectivity index (χ2n) is 8.34. The predicted octanol–water partition coefficient (Wildman–Crippen LogP) is 3.38. The van der Waals surface area contributed by atoms with Gasteiger partial charge in [0.15, 0.2) is 11.4 Å². The number of carbonyl (C=O) groups is 1. The van der Waals surface area contributed by atoms with Crippen molar-refractivity contribution in [2.45, 2.75) is 38.4 Å². The standard InChI is InChI=1S/C21H21F5N8O/c1-12-7-20(22,23)11-33(15(12)8-28-17-10-27-16(9-29-17)21(24,25)26)19(35)18-14(4-3-13(2)32-18)34-30-5-6-31-34/h3-6,9-10,12,15H,7-8,11H2,1-2H3,(H,28,29). The van der Waals surface area contributed by atoms with Crippen molar-refractivity contribution in [3.63, 3.8) is 0 Å². The first-order valence-electron chi connectivity index (χ1n) is 10.6. The minimum atomic E-state index is -4.64. The molecule has 0 radical (unpaired) electrons. The van der Waals surface area contributed by atoms with Crippen molar-refractivity contribution in [1.29, 1.82) is 0 Å². The number of halogens is 5. The van der Waals surface area contributed by atoms with Crippen LogP contribution in [0.1, 0.15) is 35.2 Å². The van der Waals surface area contributed by atoms with E-state index in [1.54, 1.807) is 26.0 Å². The minimum absolute atomic E-state index is 0.0186. The van der Waals surface area contributed by atoms with Gasteiger partial charge in [-0.05, 0) is 25.0 Å². The molecule has 4 heterocycles. The lowest BCUT2D eigenvalue weighted by atomic mass is 9.88. The maximum absolute atomic E-state index is 14.5. The predicted molar refractivity (Wildman–Crippen MR) is 113 cm³/mol. The number of piperidine rings is 1. The number of carbonyl (C=O) groups excluding carboxylic acids is 1. The van der Waals surface area contributed by atoms with Gasteiger partial charge in [-0.25, -0.2) is 23.7 Å². The first-order chi connectivity index (χ1) is 16.4. The van der Waals surface area contributed by atoms with Crippen LogP contribution < -0.4 is 5.32 Å². The van der Waals surface area contributed by atoms with Crippen molar-refractivity contribution >= 4 is 11.7 Å². The molecule has 1 N–H and O–H groups in total. The molecule has 0 bridgehead atoms. The summed E-state index contributed by atoms with van der Waals surface area (Å²) in [6.07, 6.45) is -0.812. The smallest absolute Gasteiger partial charge is 0.367 e. The summed E-state index contributed by atoms with van der Waals surface area (Å²) in [5.74, 6) is -4.50. The van der Waals surface area contributed by atoms with Crippen LogP contribution in [0.4, 0.5) is 27.8 Å². The van der Waals surface area contributed by atoms with Crippen LogP contribution in [-0.2, 0) is 6.18 Å². The Balaban J connectivity index is 1.61. The quantitative estimate of drug-likeness (QED) is 0.541. The number of hydrogen-bond acceptors (Lipinski definition) is 7. The Hall–Kier alpha value is -3.71. The van der Waals surface area contributed by atoms with Gasteiger partial charge < -0.3 is 10.2 Å². The third kappa shape index (κ3) is 5.35. The summed E-state index contributed by atoms with van der Waals surface area (Å²) in [5, 5.41) is 10.8. The van der Waals surface area contributed by atoms with Gasteiger partial charge in [0.25, 0.3) is 11.8 Å². The molecule has 3 aromatic heterocycles. The second kappa shape index (κ2) is 9.15. The molecule has 1 aliphatic rings. The lowest BCUT2D eigenvalue weighted by molar-refractivity contribution is -0.141. The van der Waals surface area contributed by atoms with Gasteiger partial charge in [-0.1, -0.05) is 6.92 Å². The lowest BCUT2D eigenvalue weighted by Gasteiger charge is -2.43. The zero-order chi connectivity index (χ0) is 25.4. The summed E-state index contributed by atoms with van der Waals surface area (Å²) in [7, 11) is 0. The van der Waals surface area contributed by atoms with Crippen LogP contribution in [0.25, 0.3) is 5.69 Å². The van der Waals surface area contributed by atoms with Crippen LogP contribution in [0.3, 0.4) is 0 Å². The van der Waals surface area contributed by atoms with Gasteiger partial charge in [-0.15, -0.1) is 4.80 Å². The van der Waals surface area contributed by atoms with E-state index in [2.05, 4.69) is 30.5 Å². The Bertz CT molecular complexity index is 1180. The number of aromatic nitrogens is 6. The fraction of sp³-hybridized carbons (Fsp3) is 0.429. The summed E-state index contributed by atoms with van der Waals surface area (Å²) in [4.78, 5) is 27.1. The zero-order valence-electron chi connectivity index (χ0n) is 18.7. The monoisotopic (exact) mass is 496 g/mol. The molecular formula is C21H21F5N8O. The number of alkyl halides is 5. The highest BCUT2D eigenvalue weighted by Gasteiger charge is 2.46. The lowest BCUT2D eigenvalue weighted by Crippen LogP contribution is -2.57. The van der Waals surface area contributed by atoms with Gasteiger partial charge in [0.1, 0.15) is 11.5 Å². The van der Waals surface area contributed by atoms with Crippen molar-refractivity contribution in [3.8, 4) is 5.69 Å². The van der Waals surface area contributed by atoms with Crippen LogP contribution >= 0.6 is 0 Å². The highest BCUT2D eigenvalue weighted by Crippen LogP contribution is 2.35. The molecule has 2 atom stereocenters. The molecule has 1 fully saturated rings. The SMILES string of the molecule is Cc1ccc(-n2nccn2)c(C(=O)N2CC(F)(F)CC(C)C2CNc2cnc(C(F)(F)F)cn2)n1. The van der Waals surface area contributed by atoms with Gasteiger partial charge in [0, 0.05) is 18.7 Å². The van der Waals surface area contributed by atoms with Crippen molar-refractivity contribution in [2.75, 3.05) is 18.4 Å². The number of amides is 1. The molecule has 0 aromatic carbocycles. The number of hydrogen-bond donors (Lipinski definition) is 1. The van der Waals surface area contributed by atoms with Crippen LogP contribution in [-0.4, -0.2) is 65.8 Å². The molecule has 1 amide bonds. The number of anilines is 1. The van der Waals surface area contributed by atoms with E-state index < -0.39 is 48.6 Å². The molecule has 0 spiro atoms. The Labute approximate surface area is 196 Å². The molecule has 14 heteroatoms. The average Bonchev–Trinajstić information content (AvgIpc) is 3.31. The van der Waals surface area contributed by atoms with Crippen molar-refractivity contribution in [3.05, 3.63) is 54.0 Å². The van der Waals surface area contributed by atoms with Crippen LogP contribution in [0.5, 0.6) is 0 Å². The van der Waals surface area contributed by atoms with E-state index >= 15 is 0 Å². The summed E-state index contributed by atoms with van der Waals surface area (Å²) < 4.78 is 67.3. The number of likely N-dealkylation sites (tertiary alicyclic amines) is 1. The Morgan fingerprint density at radius 3 is 2.51 bits per heavy atom. The van der Waals surface area contributed by atoms with E-state index in [1.165, 1.54) is 17.2 Å². The Kier molecular flexibility index (Phi) is 6.38. The maximum atomic E-state index is 14.5. The summed E-state index contributed by atoms with van der Waals surface area (Å²) in [6.45, 7) is 2.36. The largest absolute Gasteiger partial charge is 0.434 e. The Morgan fingerprint density at radius 2 is 1.89 bits per heavy atom. The second-order valence-corrected chi connectivity index (χ2v) is 8.34. The molecule has 0 aliphatic carbocycles. The van der Waals surface area contributed by atoms with Crippen LogP contribution in [0.15, 0.2) is 36.9 Å². The van der Waals surface area contributed by atoms with E-state index in [4.69, 9.17) is 0 Å². The summed E-state index contributed by atoms with van der Waals surface area (Å²) in [6, 6.07) is 2.49. The number of nitrogens with zero attached hydrogens (tertiary/aromatic N) is 7. The molecule has 186 valence electrons. The molecule has 4 rings (SSSR count). The molecular weight excluding hydrogens is 475 g/mol. The molecule has 1 aliphatic heterocycles. The molecule has 35 heavy (non-hydrogen) atoms. The minimum Gasteiger partial charge on any atom is -0.367 e. The first kappa shape index (κ1) is 24.4. The van der Waals surface area contributed by atoms with Crippen LogP contribution in [0, 0.1) is 12.8 Å². The normalized spacial score (nSPS) is 20.0. The van der Waals surface area contributed by atoms with E-state index in [0.717, 1.165) is 11.1 Å². The third-order valence-electron chi connectivity index (χ3n) is 5.62. The molecule has 2 unspecified atom stereocenters. The van der Waals surface area contributed by atoms with Crippen LogP contribution in [0.2, 0.25) is 0 Å². The molecule has 9 nitrogen and oxygen atoms in total.